The van der Waals surface area contributed by atoms with Crippen molar-refractivity contribution in [3.05, 3.63) is 34.7 Å². The maximum absolute atomic E-state index is 5.83. The van der Waals surface area contributed by atoms with Crippen molar-refractivity contribution < 1.29 is 4.74 Å². The Hall–Kier alpha value is -1.59. The van der Waals surface area contributed by atoms with Crippen LogP contribution in [-0.2, 0) is 0 Å². The number of hydrogen-bond acceptors (Lipinski definition) is 5. The average molecular weight is 271 g/mol. The fourth-order valence-electron chi connectivity index (χ4n) is 1.21. The molecule has 0 saturated heterocycles. The molecule has 1 aromatic heterocycles. The SMILES string of the molecule is COc1cccc(Nc2nc(Cl)nnc2Cl)c1. The summed E-state index contributed by atoms with van der Waals surface area (Å²) in [7, 11) is 1.59. The lowest BCUT2D eigenvalue weighted by Gasteiger charge is -2.07. The van der Waals surface area contributed by atoms with Crippen molar-refractivity contribution in [3.63, 3.8) is 0 Å². The highest BCUT2D eigenvalue weighted by molar-refractivity contribution is 6.32. The summed E-state index contributed by atoms with van der Waals surface area (Å²) in [4.78, 5) is 3.93. The number of methoxy groups -OCH3 is 1. The van der Waals surface area contributed by atoms with Crippen molar-refractivity contribution in [2.75, 3.05) is 12.4 Å². The first-order valence-electron chi connectivity index (χ1n) is 4.66. The molecule has 1 heterocycles. The van der Waals surface area contributed by atoms with Gasteiger partial charge in [-0.1, -0.05) is 17.7 Å². The lowest BCUT2D eigenvalue weighted by Crippen LogP contribution is -1.99. The van der Waals surface area contributed by atoms with Gasteiger partial charge in [0.2, 0.25) is 5.28 Å². The Morgan fingerprint density at radius 2 is 2.06 bits per heavy atom. The van der Waals surface area contributed by atoms with Crippen LogP contribution in [0.1, 0.15) is 0 Å². The molecule has 2 aromatic rings. The summed E-state index contributed by atoms with van der Waals surface area (Å²) in [6.07, 6.45) is 0. The molecule has 0 spiro atoms. The van der Waals surface area contributed by atoms with Gasteiger partial charge in [0.25, 0.3) is 0 Å². The highest BCUT2D eigenvalue weighted by Crippen LogP contribution is 2.24. The van der Waals surface area contributed by atoms with Crippen molar-refractivity contribution in [3.8, 4) is 5.75 Å². The van der Waals surface area contributed by atoms with Crippen molar-refractivity contribution in [1.29, 1.82) is 0 Å². The van der Waals surface area contributed by atoms with Crippen LogP contribution in [0.4, 0.5) is 11.5 Å². The molecule has 0 fully saturated rings. The van der Waals surface area contributed by atoms with Gasteiger partial charge in [0.15, 0.2) is 11.0 Å². The van der Waals surface area contributed by atoms with E-state index in [2.05, 4.69) is 20.5 Å². The third-order valence-electron chi connectivity index (χ3n) is 1.95. The predicted molar refractivity (Wildman–Crippen MR) is 66.1 cm³/mol. The molecular weight excluding hydrogens is 263 g/mol. The molecule has 1 N–H and O–H groups in total. The molecule has 0 unspecified atom stereocenters. The van der Waals surface area contributed by atoms with E-state index in [9.17, 15) is 0 Å². The molecule has 0 radical (unpaired) electrons. The Bertz CT molecular complexity index is 535. The molecule has 17 heavy (non-hydrogen) atoms. The van der Waals surface area contributed by atoms with E-state index in [0.717, 1.165) is 11.4 Å². The van der Waals surface area contributed by atoms with E-state index in [1.807, 2.05) is 18.2 Å². The zero-order valence-corrected chi connectivity index (χ0v) is 10.3. The van der Waals surface area contributed by atoms with Gasteiger partial charge in [0.05, 0.1) is 7.11 Å². The van der Waals surface area contributed by atoms with Gasteiger partial charge in [-0.3, -0.25) is 0 Å². The molecule has 0 amide bonds. The average Bonchev–Trinajstić information content (AvgIpc) is 2.34. The van der Waals surface area contributed by atoms with Gasteiger partial charge >= 0.3 is 0 Å². The molecule has 5 nitrogen and oxygen atoms in total. The van der Waals surface area contributed by atoms with E-state index in [1.54, 1.807) is 13.2 Å². The summed E-state index contributed by atoms with van der Waals surface area (Å²) < 4.78 is 5.10. The van der Waals surface area contributed by atoms with E-state index >= 15 is 0 Å². The van der Waals surface area contributed by atoms with Crippen LogP contribution >= 0.6 is 23.2 Å². The highest BCUT2D eigenvalue weighted by Gasteiger charge is 2.06. The minimum absolute atomic E-state index is 0.0276. The van der Waals surface area contributed by atoms with E-state index in [0.29, 0.717) is 5.82 Å². The Labute approximate surface area is 108 Å². The topological polar surface area (TPSA) is 59.9 Å². The second-order valence-corrected chi connectivity index (χ2v) is 3.77. The van der Waals surface area contributed by atoms with E-state index in [1.165, 1.54) is 0 Å². The summed E-state index contributed by atoms with van der Waals surface area (Å²) in [5.41, 5.74) is 0.766. The minimum atomic E-state index is 0.0276. The Kier molecular flexibility index (Phi) is 3.61. The Balaban J connectivity index is 2.27. The van der Waals surface area contributed by atoms with Crippen LogP contribution < -0.4 is 10.1 Å². The maximum atomic E-state index is 5.83. The van der Waals surface area contributed by atoms with Crippen molar-refractivity contribution >= 4 is 34.7 Å². The van der Waals surface area contributed by atoms with Gasteiger partial charge in [0.1, 0.15) is 5.75 Å². The smallest absolute Gasteiger partial charge is 0.245 e. The molecule has 1 aromatic carbocycles. The van der Waals surface area contributed by atoms with Crippen LogP contribution in [0.25, 0.3) is 0 Å². The van der Waals surface area contributed by atoms with Gasteiger partial charge in [-0.25, -0.2) is 0 Å². The van der Waals surface area contributed by atoms with E-state index in [-0.39, 0.29) is 10.4 Å². The number of ether oxygens (including phenoxy) is 1. The molecular formula is C10H8Cl2N4O. The maximum Gasteiger partial charge on any atom is 0.245 e. The van der Waals surface area contributed by atoms with Crippen LogP contribution in [0, 0.1) is 0 Å². The van der Waals surface area contributed by atoms with Crippen LogP contribution in [-0.4, -0.2) is 22.3 Å². The van der Waals surface area contributed by atoms with E-state index in [4.69, 9.17) is 27.9 Å². The molecule has 0 aliphatic rings. The first-order valence-corrected chi connectivity index (χ1v) is 5.41. The molecule has 0 bridgehead atoms. The fourth-order valence-corrected chi connectivity index (χ4v) is 1.46. The molecule has 0 aliphatic carbocycles. The second kappa shape index (κ2) is 5.16. The minimum Gasteiger partial charge on any atom is -0.497 e. The number of benzene rings is 1. The van der Waals surface area contributed by atoms with Gasteiger partial charge < -0.3 is 10.1 Å². The largest absolute Gasteiger partial charge is 0.497 e. The normalized spacial score (nSPS) is 10.1. The molecule has 0 aliphatic heterocycles. The molecule has 0 saturated carbocycles. The summed E-state index contributed by atoms with van der Waals surface area (Å²) >= 11 is 11.5. The number of nitrogens with one attached hydrogen (secondary N) is 1. The molecule has 2 rings (SSSR count). The monoisotopic (exact) mass is 270 g/mol. The Morgan fingerprint density at radius 3 is 2.82 bits per heavy atom. The summed E-state index contributed by atoms with van der Waals surface area (Å²) in [6.45, 7) is 0. The summed E-state index contributed by atoms with van der Waals surface area (Å²) in [5, 5.41) is 10.3. The van der Waals surface area contributed by atoms with Crippen LogP contribution in [0.5, 0.6) is 5.75 Å². The van der Waals surface area contributed by atoms with Crippen LogP contribution in [0.3, 0.4) is 0 Å². The molecule has 88 valence electrons. The lowest BCUT2D eigenvalue weighted by atomic mass is 10.3. The first kappa shape index (κ1) is 11.9. The van der Waals surface area contributed by atoms with Crippen molar-refractivity contribution in [2.45, 2.75) is 0 Å². The zero-order chi connectivity index (χ0) is 12.3. The highest BCUT2D eigenvalue weighted by atomic mass is 35.5. The third kappa shape index (κ3) is 2.95. The quantitative estimate of drug-likeness (QED) is 0.929. The van der Waals surface area contributed by atoms with Crippen LogP contribution in [0.2, 0.25) is 10.4 Å². The number of aromatic nitrogens is 3. The van der Waals surface area contributed by atoms with E-state index < -0.39 is 0 Å². The Morgan fingerprint density at radius 1 is 1.24 bits per heavy atom. The van der Waals surface area contributed by atoms with Gasteiger partial charge in [-0.05, 0) is 23.7 Å². The number of hydrogen-bond donors (Lipinski definition) is 1. The summed E-state index contributed by atoms with van der Waals surface area (Å²) in [6, 6.07) is 7.31. The second-order valence-electron chi connectivity index (χ2n) is 3.08. The predicted octanol–water partition coefficient (Wildman–Crippen LogP) is 2.93. The van der Waals surface area contributed by atoms with Gasteiger partial charge in [-0.15, -0.1) is 10.2 Å². The number of halogens is 2. The van der Waals surface area contributed by atoms with Crippen molar-refractivity contribution in [2.24, 2.45) is 0 Å². The lowest BCUT2D eigenvalue weighted by molar-refractivity contribution is 0.415. The third-order valence-corrected chi connectivity index (χ3v) is 2.37. The van der Waals surface area contributed by atoms with Crippen molar-refractivity contribution in [1.82, 2.24) is 15.2 Å². The van der Waals surface area contributed by atoms with Gasteiger partial charge in [-0.2, -0.15) is 4.98 Å². The summed E-state index contributed by atoms with van der Waals surface area (Å²) in [5.74, 6) is 1.07. The van der Waals surface area contributed by atoms with Crippen LogP contribution in [0.15, 0.2) is 24.3 Å². The first-order chi connectivity index (χ1) is 8.19. The van der Waals surface area contributed by atoms with Gasteiger partial charge in [0, 0.05) is 11.8 Å². The number of nitrogens with zero attached hydrogens (tertiary/aromatic N) is 3. The standard InChI is InChI=1S/C10H8Cl2N4O/c1-17-7-4-2-3-6(5-7)13-9-8(11)15-16-10(12)14-9/h2-5H,1H3,(H,13,14,16). The fraction of sp³-hybridized carbons (Fsp3) is 0.100. The number of rotatable bonds is 3. The zero-order valence-electron chi connectivity index (χ0n) is 8.82. The molecule has 7 heteroatoms. The molecule has 0 atom stereocenters. The number of anilines is 2.